The van der Waals surface area contributed by atoms with Gasteiger partial charge in [0.05, 0.1) is 12.6 Å². The molecule has 1 aliphatic rings. The van der Waals surface area contributed by atoms with E-state index in [4.69, 9.17) is 0 Å². The van der Waals surface area contributed by atoms with Gasteiger partial charge in [0.2, 0.25) is 11.8 Å². The number of hydrogen-bond acceptors (Lipinski definition) is 4. The molecular weight excluding hydrogens is 232 g/mol. The topological polar surface area (TPSA) is 64.7 Å². The van der Waals surface area contributed by atoms with Crippen LogP contribution in [0.5, 0.6) is 0 Å². The van der Waals surface area contributed by atoms with Gasteiger partial charge in [-0.3, -0.25) is 14.5 Å². The Labute approximate surface area is 109 Å². The van der Waals surface area contributed by atoms with Gasteiger partial charge in [0.1, 0.15) is 0 Å². The van der Waals surface area contributed by atoms with E-state index in [1.54, 1.807) is 11.9 Å². The fourth-order valence-electron chi connectivity index (χ4n) is 1.89. The summed E-state index contributed by atoms with van der Waals surface area (Å²) in [6.07, 6.45) is 0. The standard InChI is InChI=1S/C12H24N4O2/c1-4-14-12(18)10(2)15(3)9-11(17)16-7-5-13-6-8-16/h10,13H,4-9H2,1-3H3,(H,14,18). The number of hydrogen-bond donors (Lipinski definition) is 2. The number of nitrogens with zero attached hydrogens (tertiary/aromatic N) is 2. The zero-order chi connectivity index (χ0) is 13.5. The Balaban J connectivity index is 2.40. The second-order valence-corrected chi connectivity index (χ2v) is 4.62. The first-order valence-corrected chi connectivity index (χ1v) is 6.52. The van der Waals surface area contributed by atoms with Gasteiger partial charge in [-0.15, -0.1) is 0 Å². The van der Waals surface area contributed by atoms with Crippen LogP contribution in [-0.2, 0) is 9.59 Å². The molecule has 2 N–H and O–H groups in total. The van der Waals surface area contributed by atoms with Gasteiger partial charge in [-0.1, -0.05) is 0 Å². The summed E-state index contributed by atoms with van der Waals surface area (Å²) in [5, 5.41) is 5.97. The largest absolute Gasteiger partial charge is 0.355 e. The third-order valence-electron chi connectivity index (χ3n) is 3.25. The van der Waals surface area contributed by atoms with Crippen molar-refractivity contribution in [1.29, 1.82) is 0 Å². The Bertz CT molecular complexity index is 290. The molecule has 1 heterocycles. The summed E-state index contributed by atoms with van der Waals surface area (Å²) in [5.74, 6) is 0.0586. The SMILES string of the molecule is CCNC(=O)C(C)N(C)CC(=O)N1CCNCC1. The van der Waals surface area contributed by atoms with Crippen LogP contribution < -0.4 is 10.6 Å². The molecule has 0 aromatic carbocycles. The van der Waals surface area contributed by atoms with Crippen LogP contribution in [0.2, 0.25) is 0 Å². The van der Waals surface area contributed by atoms with E-state index < -0.39 is 0 Å². The lowest BCUT2D eigenvalue weighted by Gasteiger charge is -2.30. The van der Waals surface area contributed by atoms with Crippen molar-refractivity contribution < 1.29 is 9.59 Å². The van der Waals surface area contributed by atoms with Gasteiger partial charge in [-0.2, -0.15) is 0 Å². The van der Waals surface area contributed by atoms with Gasteiger partial charge in [0.25, 0.3) is 0 Å². The molecule has 1 rings (SSSR count). The second kappa shape index (κ2) is 7.33. The lowest BCUT2D eigenvalue weighted by molar-refractivity contribution is -0.134. The van der Waals surface area contributed by atoms with Crippen LogP contribution in [0.1, 0.15) is 13.8 Å². The molecule has 6 heteroatoms. The third kappa shape index (κ3) is 4.27. The van der Waals surface area contributed by atoms with E-state index in [2.05, 4.69) is 10.6 Å². The fraction of sp³-hybridized carbons (Fsp3) is 0.833. The Morgan fingerprint density at radius 2 is 2.00 bits per heavy atom. The van der Waals surface area contributed by atoms with Crippen molar-refractivity contribution in [3.8, 4) is 0 Å². The van der Waals surface area contributed by atoms with E-state index in [-0.39, 0.29) is 24.4 Å². The maximum Gasteiger partial charge on any atom is 0.237 e. The normalized spacial score (nSPS) is 17.7. The van der Waals surface area contributed by atoms with Crippen LogP contribution in [-0.4, -0.2) is 74.0 Å². The highest BCUT2D eigenvalue weighted by Gasteiger charge is 2.22. The van der Waals surface area contributed by atoms with Crippen LogP contribution in [0.3, 0.4) is 0 Å². The number of rotatable bonds is 5. The van der Waals surface area contributed by atoms with Gasteiger partial charge in [0, 0.05) is 32.7 Å². The number of likely N-dealkylation sites (N-methyl/N-ethyl adjacent to an activating group) is 2. The number of carbonyl (C=O) groups is 2. The Morgan fingerprint density at radius 1 is 1.39 bits per heavy atom. The van der Waals surface area contributed by atoms with Crippen molar-refractivity contribution in [3.05, 3.63) is 0 Å². The van der Waals surface area contributed by atoms with Crippen molar-refractivity contribution in [2.45, 2.75) is 19.9 Å². The minimum atomic E-state index is -0.281. The molecule has 1 atom stereocenters. The Hall–Kier alpha value is -1.14. The van der Waals surface area contributed by atoms with Crippen LogP contribution >= 0.6 is 0 Å². The van der Waals surface area contributed by atoms with Gasteiger partial charge >= 0.3 is 0 Å². The molecule has 104 valence electrons. The predicted octanol–water partition coefficient (Wildman–Crippen LogP) is -1.13. The summed E-state index contributed by atoms with van der Waals surface area (Å²) in [6.45, 7) is 7.81. The van der Waals surface area contributed by atoms with Crippen molar-refractivity contribution >= 4 is 11.8 Å². The van der Waals surface area contributed by atoms with E-state index >= 15 is 0 Å². The van der Waals surface area contributed by atoms with Gasteiger partial charge in [-0.05, 0) is 20.9 Å². The first-order chi connectivity index (χ1) is 8.56. The Kier molecular flexibility index (Phi) is 6.07. The van der Waals surface area contributed by atoms with E-state index in [0.29, 0.717) is 6.54 Å². The molecule has 0 aromatic heterocycles. The smallest absolute Gasteiger partial charge is 0.237 e. The first kappa shape index (κ1) is 14.9. The summed E-state index contributed by atoms with van der Waals surface area (Å²) in [6, 6.07) is -0.281. The average molecular weight is 256 g/mol. The second-order valence-electron chi connectivity index (χ2n) is 4.62. The molecule has 1 unspecified atom stereocenters. The first-order valence-electron chi connectivity index (χ1n) is 6.52. The molecule has 2 amide bonds. The molecule has 0 aliphatic carbocycles. The molecule has 0 radical (unpaired) electrons. The monoisotopic (exact) mass is 256 g/mol. The molecule has 0 saturated carbocycles. The van der Waals surface area contributed by atoms with Crippen molar-refractivity contribution in [2.75, 3.05) is 46.3 Å². The summed E-state index contributed by atoms with van der Waals surface area (Å²) in [7, 11) is 1.81. The van der Waals surface area contributed by atoms with Crippen LogP contribution in [0.25, 0.3) is 0 Å². The van der Waals surface area contributed by atoms with Crippen LogP contribution in [0.15, 0.2) is 0 Å². The Morgan fingerprint density at radius 3 is 2.56 bits per heavy atom. The summed E-state index contributed by atoms with van der Waals surface area (Å²) in [5.41, 5.74) is 0. The number of nitrogens with one attached hydrogen (secondary N) is 2. The quantitative estimate of drug-likeness (QED) is 0.654. The summed E-state index contributed by atoms with van der Waals surface area (Å²) in [4.78, 5) is 27.3. The molecule has 0 spiro atoms. The van der Waals surface area contributed by atoms with Crippen molar-refractivity contribution in [3.63, 3.8) is 0 Å². The van der Waals surface area contributed by atoms with E-state index in [9.17, 15) is 9.59 Å². The highest BCUT2D eigenvalue weighted by atomic mass is 16.2. The van der Waals surface area contributed by atoms with E-state index in [0.717, 1.165) is 26.2 Å². The minimum Gasteiger partial charge on any atom is -0.355 e. The lowest BCUT2D eigenvalue weighted by Crippen LogP contribution is -2.51. The molecule has 1 aliphatic heterocycles. The number of amides is 2. The predicted molar refractivity (Wildman–Crippen MR) is 70.2 cm³/mol. The molecule has 0 aromatic rings. The maximum absolute atomic E-state index is 12.0. The molecule has 18 heavy (non-hydrogen) atoms. The van der Waals surface area contributed by atoms with Crippen molar-refractivity contribution in [1.82, 2.24) is 20.4 Å². The van der Waals surface area contributed by atoms with Crippen LogP contribution in [0.4, 0.5) is 0 Å². The summed E-state index contributed by atoms with van der Waals surface area (Å²) < 4.78 is 0. The fourth-order valence-corrected chi connectivity index (χ4v) is 1.89. The molecule has 1 fully saturated rings. The molecule has 6 nitrogen and oxygen atoms in total. The highest BCUT2D eigenvalue weighted by molar-refractivity contribution is 5.83. The van der Waals surface area contributed by atoms with Gasteiger partial charge < -0.3 is 15.5 Å². The zero-order valence-electron chi connectivity index (χ0n) is 11.5. The average Bonchev–Trinajstić information content (AvgIpc) is 2.39. The molecule has 0 bridgehead atoms. The van der Waals surface area contributed by atoms with E-state index in [1.807, 2.05) is 18.7 Å². The van der Waals surface area contributed by atoms with Crippen molar-refractivity contribution in [2.24, 2.45) is 0 Å². The van der Waals surface area contributed by atoms with Gasteiger partial charge in [-0.25, -0.2) is 0 Å². The van der Waals surface area contributed by atoms with Gasteiger partial charge in [0.15, 0.2) is 0 Å². The zero-order valence-corrected chi connectivity index (χ0v) is 11.5. The maximum atomic E-state index is 12.0. The highest BCUT2D eigenvalue weighted by Crippen LogP contribution is 2.00. The summed E-state index contributed by atoms with van der Waals surface area (Å²) >= 11 is 0. The minimum absolute atomic E-state index is 0.0342. The number of piperazine rings is 1. The molecular formula is C12H24N4O2. The molecule has 1 saturated heterocycles. The van der Waals surface area contributed by atoms with Crippen LogP contribution in [0, 0.1) is 0 Å². The lowest BCUT2D eigenvalue weighted by atomic mass is 10.2. The number of carbonyl (C=O) groups excluding carboxylic acids is 2. The van der Waals surface area contributed by atoms with E-state index in [1.165, 1.54) is 0 Å². The third-order valence-corrected chi connectivity index (χ3v) is 3.25.